The summed E-state index contributed by atoms with van der Waals surface area (Å²) in [6.45, 7) is 11.3. The molecule has 0 atom stereocenters. The van der Waals surface area contributed by atoms with Crippen molar-refractivity contribution < 1.29 is 4.79 Å². The molecule has 0 radical (unpaired) electrons. The van der Waals surface area contributed by atoms with E-state index in [1.165, 1.54) is 0 Å². The summed E-state index contributed by atoms with van der Waals surface area (Å²) >= 11 is 0. The number of hydrogen-bond donors (Lipinski definition) is 1. The van der Waals surface area contributed by atoms with Gasteiger partial charge in [0, 0.05) is 50.2 Å². The Labute approximate surface area is 189 Å². The molecule has 0 saturated carbocycles. The second-order valence-electron chi connectivity index (χ2n) is 9.34. The molecule has 1 N–H and O–H groups in total. The normalized spacial score (nSPS) is 15.3. The number of benzene rings is 1. The average Bonchev–Trinajstić information content (AvgIpc) is 3.14. The van der Waals surface area contributed by atoms with Gasteiger partial charge in [-0.1, -0.05) is 12.1 Å². The largest absolute Gasteiger partial charge is 0.336 e. The molecule has 1 amide bonds. The number of rotatable bonds is 5. The van der Waals surface area contributed by atoms with E-state index in [1.807, 2.05) is 24.2 Å². The second-order valence-corrected chi connectivity index (χ2v) is 9.34. The minimum absolute atomic E-state index is 0.0155. The van der Waals surface area contributed by atoms with E-state index in [1.54, 1.807) is 17.1 Å². The van der Waals surface area contributed by atoms with Crippen LogP contribution >= 0.6 is 0 Å². The van der Waals surface area contributed by atoms with Crippen LogP contribution in [0.4, 0.5) is 11.6 Å². The van der Waals surface area contributed by atoms with Crippen LogP contribution in [0, 0.1) is 6.92 Å². The Bertz CT molecular complexity index is 1120. The summed E-state index contributed by atoms with van der Waals surface area (Å²) in [5, 5.41) is 7.33. The van der Waals surface area contributed by atoms with Crippen molar-refractivity contribution in [3.63, 3.8) is 0 Å². The number of aromatic nitrogens is 4. The maximum atomic E-state index is 12.7. The Balaban J connectivity index is 1.46. The first-order valence-corrected chi connectivity index (χ1v) is 10.9. The predicted molar refractivity (Wildman–Crippen MR) is 125 cm³/mol. The Morgan fingerprint density at radius 2 is 1.97 bits per heavy atom. The number of nitrogens with one attached hydrogen (secondary N) is 1. The van der Waals surface area contributed by atoms with Crippen molar-refractivity contribution in [2.45, 2.75) is 39.8 Å². The third kappa shape index (κ3) is 4.96. The quantitative estimate of drug-likeness (QED) is 0.665. The molecular formula is C24H31N7O. The van der Waals surface area contributed by atoms with Crippen molar-refractivity contribution in [3.8, 4) is 11.3 Å². The first kappa shape index (κ1) is 22.0. The highest BCUT2D eigenvalue weighted by molar-refractivity contribution is 5.79. The van der Waals surface area contributed by atoms with E-state index < -0.39 is 0 Å². The van der Waals surface area contributed by atoms with Crippen molar-refractivity contribution in [1.29, 1.82) is 0 Å². The lowest BCUT2D eigenvalue weighted by Gasteiger charge is -2.41. The Morgan fingerprint density at radius 3 is 2.62 bits per heavy atom. The van der Waals surface area contributed by atoms with Gasteiger partial charge in [0.1, 0.15) is 0 Å². The molecule has 3 heterocycles. The zero-order valence-electron chi connectivity index (χ0n) is 19.5. The Kier molecular flexibility index (Phi) is 5.97. The highest BCUT2D eigenvalue weighted by Gasteiger charge is 2.30. The minimum atomic E-state index is 0.0155. The summed E-state index contributed by atoms with van der Waals surface area (Å²) in [6, 6.07) is 8.19. The number of aryl methyl sites for hydroxylation is 2. The van der Waals surface area contributed by atoms with Crippen molar-refractivity contribution in [2.75, 3.05) is 25.0 Å². The lowest BCUT2D eigenvalue weighted by Crippen LogP contribution is -2.55. The van der Waals surface area contributed by atoms with E-state index in [4.69, 9.17) is 0 Å². The summed E-state index contributed by atoms with van der Waals surface area (Å²) in [5.41, 5.74) is 5.03. The summed E-state index contributed by atoms with van der Waals surface area (Å²) < 4.78 is 1.72. The molecule has 1 saturated heterocycles. The van der Waals surface area contributed by atoms with Crippen molar-refractivity contribution in [1.82, 2.24) is 29.5 Å². The molecule has 0 unspecified atom stereocenters. The van der Waals surface area contributed by atoms with Gasteiger partial charge in [0.25, 0.3) is 0 Å². The van der Waals surface area contributed by atoms with Crippen LogP contribution in [0.25, 0.3) is 11.3 Å². The SMILES string of the molecule is Cc1cc(-c2ccnc(Nc3cnn(C)c3)n2)ccc1CN1CCN(C(C)(C)C)CC1=O. The van der Waals surface area contributed by atoms with E-state index in [-0.39, 0.29) is 11.4 Å². The van der Waals surface area contributed by atoms with Gasteiger partial charge in [0.2, 0.25) is 11.9 Å². The number of anilines is 2. The van der Waals surface area contributed by atoms with Crippen LogP contribution in [-0.4, -0.2) is 60.6 Å². The Hall–Kier alpha value is -3.26. The van der Waals surface area contributed by atoms with Gasteiger partial charge in [-0.2, -0.15) is 5.10 Å². The standard InChI is InChI=1S/C24H31N7O/c1-17-12-18(21-8-9-25-23(28-21)27-20-13-26-29(5)15-20)6-7-19(17)14-30-10-11-31(16-22(30)32)24(2,3)4/h6-9,12-13,15H,10-11,14,16H2,1-5H3,(H,25,27,28). The maximum Gasteiger partial charge on any atom is 0.237 e. The van der Waals surface area contributed by atoms with Crippen molar-refractivity contribution in [2.24, 2.45) is 7.05 Å². The highest BCUT2D eigenvalue weighted by atomic mass is 16.2. The summed E-state index contributed by atoms with van der Waals surface area (Å²) in [6.07, 6.45) is 5.35. The van der Waals surface area contributed by atoms with Gasteiger partial charge in [-0.15, -0.1) is 0 Å². The Morgan fingerprint density at radius 1 is 1.16 bits per heavy atom. The molecule has 0 spiro atoms. The molecule has 0 bridgehead atoms. The number of carbonyl (C=O) groups is 1. The van der Waals surface area contributed by atoms with Gasteiger partial charge in [0.05, 0.1) is 24.1 Å². The fourth-order valence-electron chi connectivity index (χ4n) is 3.88. The van der Waals surface area contributed by atoms with Gasteiger partial charge in [0.15, 0.2) is 0 Å². The van der Waals surface area contributed by atoms with Gasteiger partial charge < -0.3 is 10.2 Å². The van der Waals surface area contributed by atoms with Crippen molar-refractivity contribution in [3.05, 3.63) is 54.0 Å². The molecule has 2 aromatic heterocycles. The fourth-order valence-corrected chi connectivity index (χ4v) is 3.88. The summed E-state index contributed by atoms with van der Waals surface area (Å²) in [4.78, 5) is 25.9. The molecule has 4 rings (SSSR count). The molecule has 1 aliphatic rings. The van der Waals surface area contributed by atoms with Crippen LogP contribution < -0.4 is 5.32 Å². The van der Waals surface area contributed by atoms with Crippen LogP contribution in [0.15, 0.2) is 42.9 Å². The van der Waals surface area contributed by atoms with Crippen LogP contribution in [0.2, 0.25) is 0 Å². The fraction of sp³-hybridized carbons (Fsp3) is 0.417. The average molecular weight is 434 g/mol. The van der Waals surface area contributed by atoms with E-state index in [2.05, 4.69) is 71.2 Å². The van der Waals surface area contributed by atoms with E-state index in [0.29, 0.717) is 19.0 Å². The molecule has 8 nitrogen and oxygen atoms in total. The molecule has 8 heteroatoms. The van der Waals surface area contributed by atoms with E-state index in [9.17, 15) is 4.79 Å². The molecule has 32 heavy (non-hydrogen) atoms. The molecule has 3 aromatic rings. The third-order valence-electron chi connectivity index (χ3n) is 5.88. The first-order chi connectivity index (χ1) is 15.2. The van der Waals surface area contributed by atoms with E-state index >= 15 is 0 Å². The van der Waals surface area contributed by atoms with Crippen LogP contribution in [0.3, 0.4) is 0 Å². The van der Waals surface area contributed by atoms with Crippen LogP contribution in [0.1, 0.15) is 31.9 Å². The zero-order chi connectivity index (χ0) is 22.9. The lowest BCUT2D eigenvalue weighted by molar-refractivity contribution is -0.139. The predicted octanol–water partition coefficient (Wildman–Crippen LogP) is 3.37. The number of amides is 1. The second kappa shape index (κ2) is 8.70. The van der Waals surface area contributed by atoms with E-state index in [0.717, 1.165) is 41.2 Å². The number of nitrogens with zero attached hydrogens (tertiary/aromatic N) is 6. The summed E-state index contributed by atoms with van der Waals surface area (Å²) in [7, 11) is 1.87. The monoisotopic (exact) mass is 433 g/mol. The van der Waals surface area contributed by atoms with Crippen molar-refractivity contribution >= 4 is 17.5 Å². The molecule has 168 valence electrons. The molecule has 0 aliphatic carbocycles. The number of carbonyl (C=O) groups excluding carboxylic acids is 1. The minimum Gasteiger partial charge on any atom is -0.336 e. The van der Waals surface area contributed by atoms with Crippen LogP contribution in [0.5, 0.6) is 0 Å². The topological polar surface area (TPSA) is 79.2 Å². The van der Waals surface area contributed by atoms with Crippen LogP contribution in [-0.2, 0) is 18.4 Å². The maximum absolute atomic E-state index is 12.7. The number of piperazine rings is 1. The lowest BCUT2D eigenvalue weighted by atomic mass is 10.0. The highest BCUT2D eigenvalue weighted by Crippen LogP contribution is 2.24. The molecular weight excluding hydrogens is 402 g/mol. The smallest absolute Gasteiger partial charge is 0.237 e. The molecule has 1 fully saturated rings. The third-order valence-corrected chi connectivity index (χ3v) is 5.88. The van der Waals surface area contributed by atoms with Gasteiger partial charge in [-0.25, -0.2) is 9.97 Å². The molecule has 1 aliphatic heterocycles. The first-order valence-electron chi connectivity index (χ1n) is 10.9. The summed E-state index contributed by atoms with van der Waals surface area (Å²) in [5.74, 6) is 0.719. The van der Waals surface area contributed by atoms with Gasteiger partial charge >= 0.3 is 0 Å². The van der Waals surface area contributed by atoms with Gasteiger partial charge in [-0.05, 0) is 51.0 Å². The number of hydrogen-bond acceptors (Lipinski definition) is 6. The molecule has 1 aromatic carbocycles. The van der Waals surface area contributed by atoms with Gasteiger partial charge in [-0.3, -0.25) is 14.4 Å². The zero-order valence-corrected chi connectivity index (χ0v) is 19.5.